The zero-order chi connectivity index (χ0) is 13.8. The molecular formula is C11H9N2O5P. The molecule has 1 aromatic carbocycles. The number of rotatable bonds is 1. The lowest BCUT2D eigenvalue weighted by atomic mass is 10.1. The van der Waals surface area contributed by atoms with Gasteiger partial charge < -0.3 is 19.8 Å². The van der Waals surface area contributed by atoms with Gasteiger partial charge in [-0.05, 0) is 5.56 Å². The van der Waals surface area contributed by atoms with Crippen LogP contribution in [0.3, 0.4) is 0 Å². The Hall–Kier alpha value is -1.95. The Morgan fingerprint density at radius 2 is 1.68 bits per heavy atom. The maximum Gasteiger partial charge on any atom is 0.338 e. The zero-order valence-corrected chi connectivity index (χ0v) is 10.3. The lowest BCUT2D eigenvalue weighted by Crippen LogP contribution is -2.30. The normalized spacial score (nSPS) is 17.1. The quantitative estimate of drug-likeness (QED) is 0.442. The SMILES string of the molecule is O=c1[nH]c2c([nH]c1=O)C(P(=O)(O)O)c1ccccc1-2. The number of aromatic amines is 2. The second-order valence-electron chi connectivity index (χ2n) is 4.28. The predicted octanol–water partition coefficient (Wildman–Crippen LogP) is 0.311. The van der Waals surface area contributed by atoms with Crippen molar-refractivity contribution in [3.8, 4) is 11.3 Å². The highest BCUT2D eigenvalue weighted by Crippen LogP contribution is 2.60. The van der Waals surface area contributed by atoms with Crippen molar-refractivity contribution in [2.24, 2.45) is 0 Å². The van der Waals surface area contributed by atoms with Crippen LogP contribution in [-0.4, -0.2) is 19.8 Å². The molecule has 1 unspecified atom stereocenters. The summed E-state index contributed by atoms with van der Waals surface area (Å²) in [5.41, 5.74) is -1.80. The molecule has 98 valence electrons. The van der Waals surface area contributed by atoms with E-state index < -0.39 is 24.4 Å². The summed E-state index contributed by atoms with van der Waals surface area (Å²) in [4.78, 5) is 46.3. The molecule has 4 N–H and O–H groups in total. The first-order valence-corrected chi connectivity index (χ1v) is 7.09. The van der Waals surface area contributed by atoms with E-state index in [0.717, 1.165) is 0 Å². The Morgan fingerprint density at radius 1 is 1.05 bits per heavy atom. The van der Waals surface area contributed by atoms with Gasteiger partial charge in [0.1, 0.15) is 5.66 Å². The van der Waals surface area contributed by atoms with Gasteiger partial charge in [-0.2, -0.15) is 0 Å². The van der Waals surface area contributed by atoms with Crippen LogP contribution in [0.4, 0.5) is 0 Å². The van der Waals surface area contributed by atoms with E-state index in [-0.39, 0.29) is 11.4 Å². The van der Waals surface area contributed by atoms with E-state index in [1.165, 1.54) is 0 Å². The maximum absolute atomic E-state index is 11.6. The van der Waals surface area contributed by atoms with E-state index in [0.29, 0.717) is 11.1 Å². The standard InChI is InChI=1S/C11H9N2O5P/c14-10-11(15)13-8-7(12-10)5-3-1-2-4-6(5)9(8)19(16,17)18/h1-4,9H,(H,12,14)(H,13,15)(H2,16,17,18). The number of benzene rings is 1. The van der Waals surface area contributed by atoms with Crippen molar-refractivity contribution in [3.05, 3.63) is 56.2 Å². The van der Waals surface area contributed by atoms with E-state index in [1.54, 1.807) is 24.3 Å². The van der Waals surface area contributed by atoms with Crippen molar-refractivity contribution in [1.29, 1.82) is 0 Å². The summed E-state index contributed by atoms with van der Waals surface area (Å²) in [6.07, 6.45) is 0. The van der Waals surface area contributed by atoms with Crippen LogP contribution in [0, 0.1) is 0 Å². The predicted molar refractivity (Wildman–Crippen MR) is 67.0 cm³/mol. The molecule has 0 amide bonds. The molecule has 3 rings (SSSR count). The summed E-state index contributed by atoms with van der Waals surface area (Å²) in [6, 6.07) is 6.53. The van der Waals surface area contributed by atoms with Crippen molar-refractivity contribution >= 4 is 7.60 Å². The summed E-state index contributed by atoms with van der Waals surface area (Å²) in [6.45, 7) is 0. The van der Waals surface area contributed by atoms with Gasteiger partial charge in [0.15, 0.2) is 0 Å². The largest absolute Gasteiger partial charge is 0.338 e. The second kappa shape index (κ2) is 3.77. The van der Waals surface area contributed by atoms with Crippen molar-refractivity contribution in [1.82, 2.24) is 9.97 Å². The smallest absolute Gasteiger partial charge is 0.324 e. The zero-order valence-electron chi connectivity index (χ0n) is 9.45. The van der Waals surface area contributed by atoms with Gasteiger partial charge in [-0.15, -0.1) is 0 Å². The molecule has 1 atom stereocenters. The van der Waals surface area contributed by atoms with Gasteiger partial charge in [0.2, 0.25) is 0 Å². The van der Waals surface area contributed by atoms with Crippen LogP contribution < -0.4 is 11.1 Å². The summed E-state index contributed by atoms with van der Waals surface area (Å²) >= 11 is 0. The first-order chi connectivity index (χ1) is 8.89. The van der Waals surface area contributed by atoms with Gasteiger partial charge in [-0.25, -0.2) is 0 Å². The Morgan fingerprint density at radius 3 is 2.37 bits per heavy atom. The van der Waals surface area contributed by atoms with Crippen LogP contribution in [0.1, 0.15) is 16.9 Å². The summed E-state index contributed by atoms with van der Waals surface area (Å²) < 4.78 is 11.6. The first kappa shape index (κ1) is 12.1. The lowest BCUT2D eigenvalue weighted by molar-refractivity contribution is 0.364. The molecule has 7 nitrogen and oxygen atoms in total. The summed E-state index contributed by atoms with van der Waals surface area (Å²) in [5, 5.41) is 0. The molecule has 1 aliphatic rings. The molecule has 0 fully saturated rings. The topological polar surface area (TPSA) is 123 Å². The minimum Gasteiger partial charge on any atom is -0.324 e. The fraction of sp³-hybridized carbons (Fsp3) is 0.0909. The highest BCUT2D eigenvalue weighted by Gasteiger charge is 2.41. The Labute approximate surface area is 106 Å². The van der Waals surface area contributed by atoms with Crippen LogP contribution in [-0.2, 0) is 4.57 Å². The Kier molecular flexibility index (Phi) is 2.40. The molecule has 1 aromatic heterocycles. The van der Waals surface area contributed by atoms with Crippen molar-refractivity contribution in [2.45, 2.75) is 5.66 Å². The lowest BCUT2D eigenvalue weighted by Gasteiger charge is -2.14. The molecule has 8 heteroatoms. The molecule has 2 aromatic rings. The third kappa shape index (κ3) is 1.71. The number of fused-ring (bicyclic) bond motifs is 3. The third-order valence-electron chi connectivity index (χ3n) is 3.10. The average molecular weight is 280 g/mol. The minimum atomic E-state index is -4.51. The van der Waals surface area contributed by atoms with Crippen molar-refractivity contribution in [2.75, 3.05) is 0 Å². The number of hydrogen-bond acceptors (Lipinski definition) is 3. The van der Waals surface area contributed by atoms with Crippen LogP contribution in [0.15, 0.2) is 33.9 Å². The molecule has 0 aliphatic heterocycles. The average Bonchev–Trinajstić information content (AvgIpc) is 2.63. The number of nitrogens with one attached hydrogen (secondary N) is 2. The first-order valence-electron chi connectivity index (χ1n) is 5.40. The maximum atomic E-state index is 11.6. The molecule has 0 bridgehead atoms. The van der Waals surface area contributed by atoms with Crippen molar-refractivity contribution < 1.29 is 14.4 Å². The van der Waals surface area contributed by atoms with Gasteiger partial charge in [0, 0.05) is 5.56 Å². The van der Waals surface area contributed by atoms with Gasteiger partial charge >= 0.3 is 18.7 Å². The highest BCUT2D eigenvalue weighted by atomic mass is 31.2. The molecule has 19 heavy (non-hydrogen) atoms. The Balaban J connectivity index is 2.44. The highest BCUT2D eigenvalue weighted by molar-refractivity contribution is 7.52. The minimum absolute atomic E-state index is 0.0548. The van der Waals surface area contributed by atoms with Crippen LogP contribution in [0.2, 0.25) is 0 Å². The molecule has 0 saturated heterocycles. The molecule has 0 spiro atoms. The fourth-order valence-electron chi connectivity index (χ4n) is 2.36. The van der Waals surface area contributed by atoms with E-state index in [9.17, 15) is 23.9 Å². The van der Waals surface area contributed by atoms with Gasteiger partial charge in [-0.1, -0.05) is 24.3 Å². The van der Waals surface area contributed by atoms with Crippen LogP contribution in [0.25, 0.3) is 11.3 Å². The van der Waals surface area contributed by atoms with E-state index in [2.05, 4.69) is 9.97 Å². The van der Waals surface area contributed by atoms with E-state index in [1.807, 2.05) is 0 Å². The van der Waals surface area contributed by atoms with Gasteiger partial charge in [0.25, 0.3) is 0 Å². The van der Waals surface area contributed by atoms with Crippen molar-refractivity contribution in [3.63, 3.8) is 0 Å². The number of aromatic nitrogens is 2. The van der Waals surface area contributed by atoms with E-state index >= 15 is 0 Å². The van der Waals surface area contributed by atoms with Crippen LogP contribution in [0.5, 0.6) is 0 Å². The summed E-state index contributed by atoms with van der Waals surface area (Å²) in [5.74, 6) is 0. The van der Waals surface area contributed by atoms with E-state index in [4.69, 9.17) is 0 Å². The molecule has 1 aliphatic carbocycles. The Bertz CT molecular complexity index is 831. The molecule has 0 radical (unpaired) electrons. The van der Waals surface area contributed by atoms with Gasteiger partial charge in [0.05, 0.1) is 11.4 Å². The molecule has 1 heterocycles. The monoisotopic (exact) mass is 280 g/mol. The van der Waals surface area contributed by atoms with Crippen LogP contribution >= 0.6 is 7.60 Å². The summed E-state index contributed by atoms with van der Waals surface area (Å²) in [7, 11) is -4.51. The molecule has 0 saturated carbocycles. The second-order valence-corrected chi connectivity index (χ2v) is 5.97. The number of H-pyrrole nitrogens is 2. The van der Waals surface area contributed by atoms with Gasteiger partial charge in [-0.3, -0.25) is 14.2 Å². The fourth-order valence-corrected chi connectivity index (χ4v) is 3.48. The molecular weight excluding hydrogens is 271 g/mol. The third-order valence-corrected chi connectivity index (χ3v) is 4.31. The number of hydrogen-bond donors (Lipinski definition) is 4.